The molecule has 2 aliphatic heterocycles. The zero-order valence-corrected chi connectivity index (χ0v) is 48.8. The van der Waals surface area contributed by atoms with Crippen molar-refractivity contribution in [2.45, 2.75) is 131 Å². The van der Waals surface area contributed by atoms with Crippen molar-refractivity contribution in [3.05, 3.63) is 133 Å². The Hall–Kier alpha value is -6.35. The number of nitrogens with one attached hydrogen (secondary N) is 3. The van der Waals surface area contributed by atoms with Gasteiger partial charge in [0.25, 0.3) is 0 Å². The molecule has 0 spiro atoms. The number of carbonyl (C=O) groups excluding carboxylic acids is 4. The van der Waals surface area contributed by atoms with Crippen molar-refractivity contribution in [1.82, 2.24) is 40.6 Å². The zero-order chi connectivity index (χ0) is 56.5. The van der Waals surface area contributed by atoms with Crippen LogP contribution in [0.1, 0.15) is 135 Å². The lowest BCUT2D eigenvalue weighted by molar-refractivity contribution is -0.144. The molecule has 420 valence electrons. The van der Waals surface area contributed by atoms with Crippen LogP contribution in [0.3, 0.4) is 0 Å². The Labute approximate surface area is 475 Å². The monoisotopic (exact) mass is 1130 g/mol. The van der Waals surface area contributed by atoms with Crippen LogP contribution in [-0.4, -0.2) is 117 Å². The molecule has 1 fully saturated rings. The van der Waals surface area contributed by atoms with Gasteiger partial charge in [-0.05, 0) is 93.0 Å². The molecule has 4 amide bonds. The summed E-state index contributed by atoms with van der Waals surface area (Å²) in [5, 5.41) is 30.5. The Morgan fingerprint density at radius 2 is 1.54 bits per heavy atom. The first kappa shape index (κ1) is 58.8. The van der Waals surface area contributed by atoms with Crippen LogP contribution in [0.2, 0.25) is 5.02 Å². The number of aliphatic hydroxyl groups excluding tert-OH is 1. The van der Waals surface area contributed by atoms with E-state index in [1.54, 1.807) is 22.7 Å². The quantitative estimate of drug-likeness (QED) is 0.0444. The van der Waals surface area contributed by atoms with Crippen LogP contribution in [-0.2, 0) is 28.7 Å². The van der Waals surface area contributed by atoms with E-state index in [0.717, 1.165) is 66.9 Å². The van der Waals surface area contributed by atoms with E-state index in [-0.39, 0.29) is 63.1 Å². The van der Waals surface area contributed by atoms with Crippen molar-refractivity contribution < 1.29 is 38.5 Å². The minimum atomic E-state index is -0.983. The van der Waals surface area contributed by atoms with Crippen LogP contribution in [0.4, 0.5) is 0 Å². The molecule has 5 heterocycles. The smallest absolute Gasteiger partial charge is 0.246 e. The molecule has 8 rings (SSSR count). The molecule has 79 heavy (non-hydrogen) atoms. The summed E-state index contributed by atoms with van der Waals surface area (Å²) in [5.41, 5.74) is 8.81. The van der Waals surface area contributed by atoms with Crippen molar-refractivity contribution in [1.29, 1.82) is 0 Å². The number of carbonyl (C=O) groups is 4. The molecule has 3 aromatic carbocycles. The maximum Gasteiger partial charge on any atom is 0.246 e. The molecule has 6 atom stereocenters. The van der Waals surface area contributed by atoms with E-state index in [2.05, 4.69) is 51.9 Å². The van der Waals surface area contributed by atoms with Gasteiger partial charge in [-0.2, -0.15) is 0 Å². The third kappa shape index (κ3) is 14.3. The molecule has 3 aromatic heterocycles. The van der Waals surface area contributed by atoms with Gasteiger partial charge in [-0.25, -0.2) is 4.98 Å². The number of aryl methyl sites for hydroxylation is 3. The number of likely N-dealkylation sites (tertiary alicyclic amines) is 1. The first-order valence-corrected chi connectivity index (χ1v) is 29.0. The Kier molecular flexibility index (Phi) is 19.6. The highest BCUT2D eigenvalue weighted by Gasteiger charge is 2.45. The Morgan fingerprint density at radius 1 is 0.848 bits per heavy atom. The molecule has 2 aliphatic rings. The van der Waals surface area contributed by atoms with Gasteiger partial charge in [0.1, 0.15) is 41.3 Å². The predicted octanol–water partition coefficient (Wildman–Crippen LogP) is 9.45. The highest BCUT2D eigenvalue weighted by Crippen LogP contribution is 2.40. The van der Waals surface area contributed by atoms with Crippen LogP contribution in [0.15, 0.2) is 83.3 Å². The van der Waals surface area contributed by atoms with Gasteiger partial charge in [-0.15, -0.1) is 32.9 Å². The van der Waals surface area contributed by atoms with E-state index < -0.39 is 41.5 Å². The van der Waals surface area contributed by atoms with E-state index >= 15 is 0 Å². The lowest BCUT2D eigenvalue weighted by Crippen LogP contribution is -2.58. The summed E-state index contributed by atoms with van der Waals surface area (Å²) in [5.74, 6) is 0.574. The van der Waals surface area contributed by atoms with Gasteiger partial charge in [0.15, 0.2) is 5.82 Å². The molecule has 20 heteroatoms. The summed E-state index contributed by atoms with van der Waals surface area (Å²) in [6, 6.07) is 20.2. The van der Waals surface area contributed by atoms with E-state index in [9.17, 15) is 24.3 Å². The molecule has 0 radical (unpaired) electrons. The second-order valence-corrected chi connectivity index (χ2v) is 23.8. The number of fused-ring (bicyclic) bond motifs is 3. The van der Waals surface area contributed by atoms with E-state index in [4.69, 9.17) is 30.8 Å². The van der Waals surface area contributed by atoms with E-state index in [1.165, 1.54) is 9.78 Å². The van der Waals surface area contributed by atoms with E-state index in [0.29, 0.717) is 42.7 Å². The lowest BCUT2D eigenvalue weighted by atomic mass is 9.85. The number of amides is 4. The molecule has 1 saturated heterocycles. The summed E-state index contributed by atoms with van der Waals surface area (Å²) in [7, 11) is 0. The number of aliphatic imine (C=N–C) groups is 1. The summed E-state index contributed by atoms with van der Waals surface area (Å²) in [4.78, 5) is 68.4. The average molecular weight is 1130 g/mol. The van der Waals surface area contributed by atoms with Gasteiger partial charge in [0, 0.05) is 47.0 Å². The van der Waals surface area contributed by atoms with Crippen molar-refractivity contribution in [2.24, 2.45) is 10.4 Å². The summed E-state index contributed by atoms with van der Waals surface area (Å²) in [6.45, 7) is 18.5. The number of hydrogen-bond acceptors (Lipinski definition) is 14. The van der Waals surface area contributed by atoms with Gasteiger partial charge < -0.3 is 40.2 Å². The van der Waals surface area contributed by atoms with Crippen LogP contribution >= 0.6 is 34.3 Å². The minimum absolute atomic E-state index is 0.0244. The van der Waals surface area contributed by atoms with Crippen LogP contribution in [0.5, 0.6) is 5.75 Å². The van der Waals surface area contributed by atoms with Gasteiger partial charge >= 0.3 is 0 Å². The Bertz CT molecular complexity index is 3110. The number of ether oxygens (including phenoxy) is 3. The number of rotatable bonds is 23. The first-order chi connectivity index (χ1) is 37.8. The highest BCUT2D eigenvalue weighted by atomic mass is 35.5. The van der Waals surface area contributed by atoms with Crippen molar-refractivity contribution >= 4 is 63.6 Å². The van der Waals surface area contributed by atoms with Gasteiger partial charge in [-0.3, -0.25) is 28.7 Å². The topological polar surface area (TPSA) is 211 Å². The Balaban J connectivity index is 0.747. The second-order valence-electron chi connectivity index (χ2n) is 21.3. The third-order valence-electron chi connectivity index (χ3n) is 14.3. The number of aliphatic hydroxyl groups is 1. The number of halogens is 1. The second kappa shape index (κ2) is 26.3. The highest BCUT2D eigenvalue weighted by molar-refractivity contribution is 7.15. The largest absolute Gasteiger partial charge is 0.494 e. The molecular formula is C59H72ClN9O8S2. The number of nitrogens with zero attached hydrogens (tertiary/aromatic N) is 6. The Morgan fingerprint density at radius 3 is 2.23 bits per heavy atom. The number of thiazole rings is 1. The summed E-state index contributed by atoms with van der Waals surface area (Å²) < 4.78 is 19.4. The molecule has 17 nitrogen and oxygen atoms in total. The standard InChI is InChI=1S/C59H72ClN9O8S2/c1-10-12-46(40-13-15-42(16-14-40)53-36(4)61-33-78-53)64-56(73)48-29-44(70)31-68(48)57(74)54(59(7,8)9)65-50(72)32-76-28-27-75-25-11-26-77-45-23-19-39(20-24-45)35(3)62-49(71)30-47-55-67-66-38(6)69(55)58-51(34(2)37(5)79-58)52(63-47)41-17-21-43(60)22-18-41/h13-24,33,35,44,46-48,54,70H,10-12,25-32H2,1-9H3,(H,62,71)(H,64,73)(H,65,72)/t35-,44+,46+,47-,48-,54+/m0/s1. The molecule has 4 N–H and O–H groups in total. The minimum Gasteiger partial charge on any atom is -0.494 e. The molecule has 6 aromatic rings. The number of β-amino-alcohol motifs (C(OH)–C–C–N with tert-alkyl or cyclic N) is 1. The average Bonchev–Trinajstić information content (AvgIpc) is 4.20. The maximum atomic E-state index is 14.2. The normalized spacial score (nSPS) is 17.2. The number of hydrogen-bond donors (Lipinski definition) is 4. The number of benzene rings is 3. The molecular weight excluding hydrogens is 1060 g/mol. The SMILES string of the molecule is CCC[C@@H](NC(=O)[C@@H]1C[C@@H](O)CN1C(=O)[C@@H](NC(=O)COCCOCCCOc1ccc([C@H](C)NC(=O)C[C@@H]2N=C(c3ccc(Cl)cc3)c3c(sc(C)c3C)-n3c(C)nnc32)cc1)C(C)(C)C)c1ccc(-c2scnc2C)cc1. The van der Waals surface area contributed by atoms with Crippen LogP contribution in [0, 0.1) is 33.1 Å². The fraction of sp³-hybridized carbons (Fsp3) is 0.458. The fourth-order valence-electron chi connectivity index (χ4n) is 9.93. The molecule has 0 bridgehead atoms. The molecule has 0 aliphatic carbocycles. The number of thiophene rings is 1. The summed E-state index contributed by atoms with van der Waals surface area (Å²) >= 11 is 9.52. The number of aromatic nitrogens is 4. The van der Waals surface area contributed by atoms with E-state index in [1.807, 2.05) is 124 Å². The summed E-state index contributed by atoms with van der Waals surface area (Å²) in [6.07, 6.45) is 1.39. The van der Waals surface area contributed by atoms with Crippen molar-refractivity contribution in [2.75, 3.05) is 39.6 Å². The van der Waals surface area contributed by atoms with Gasteiger partial charge in [-0.1, -0.05) is 94.2 Å². The predicted molar refractivity (Wildman–Crippen MR) is 308 cm³/mol. The lowest BCUT2D eigenvalue weighted by Gasteiger charge is -2.35. The van der Waals surface area contributed by atoms with Gasteiger partial charge in [0.05, 0.1) is 66.2 Å². The zero-order valence-electron chi connectivity index (χ0n) is 46.4. The molecule has 0 saturated carbocycles. The van der Waals surface area contributed by atoms with Crippen LogP contribution < -0.4 is 20.7 Å². The fourth-order valence-corrected chi connectivity index (χ4v) is 12.1. The van der Waals surface area contributed by atoms with Crippen molar-refractivity contribution in [3.8, 4) is 21.2 Å². The van der Waals surface area contributed by atoms with Crippen molar-refractivity contribution in [3.63, 3.8) is 0 Å². The van der Waals surface area contributed by atoms with Crippen LogP contribution in [0.25, 0.3) is 15.4 Å². The third-order valence-corrected chi connectivity index (χ3v) is 16.7. The van der Waals surface area contributed by atoms with Gasteiger partial charge in [0.2, 0.25) is 23.6 Å². The maximum absolute atomic E-state index is 14.2. The first-order valence-electron chi connectivity index (χ1n) is 26.9. The molecule has 0 unspecified atom stereocenters.